The van der Waals surface area contributed by atoms with Crippen molar-refractivity contribution in [3.8, 4) is 0 Å². The Morgan fingerprint density at radius 2 is 1.90 bits per heavy atom. The summed E-state index contributed by atoms with van der Waals surface area (Å²) in [4.78, 5) is 30.8. The Morgan fingerprint density at radius 3 is 2.45 bits per heavy atom. The molecule has 0 saturated carbocycles. The fourth-order valence-electron chi connectivity index (χ4n) is 3.89. The third-order valence-corrected chi connectivity index (χ3v) is 5.65. The minimum absolute atomic E-state index is 0.132. The fourth-order valence-corrected chi connectivity index (χ4v) is 3.89. The Morgan fingerprint density at radius 1 is 1.24 bits per heavy atom. The molecule has 2 N–H and O–H groups in total. The largest absolute Gasteiger partial charge is 0.466 e. The van der Waals surface area contributed by atoms with Gasteiger partial charge in [0, 0.05) is 37.1 Å². The first kappa shape index (κ1) is 21.1. The van der Waals surface area contributed by atoms with Crippen LogP contribution in [-0.2, 0) is 14.3 Å². The summed E-state index contributed by atoms with van der Waals surface area (Å²) < 4.78 is 4.81. The smallest absolute Gasteiger partial charge is 0.337 e. The third-order valence-electron chi connectivity index (χ3n) is 5.65. The lowest BCUT2D eigenvalue weighted by Crippen LogP contribution is -2.41. The number of hydrogen-bond acceptors (Lipinski definition) is 7. The number of methoxy groups -OCH3 is 1. The molecule has 2 aliphatic rings. The van der Waals surface area contributed by atoms with Gasteiger partial charge in [0.2, 0.25) is 0 Å². The molecule has 8 nitrogen and oxygen atoms in total. The molecule has 1 aromatic carbocycles. The van der Waals surface area contributed by atoms with E-state index in [0.717, 1.165) is 37.3 Å². The topological polar surface area (TPSA) is 85.4 Å². The van der Waals surface area contributed by atoms with Crippen molar-refractivity contribution in [2.45, 2.75) is 18.9 Å². The predicted octanol–water partition coefficient (Wildman–Crippen LogP) is 0.891. The van der Waals surface area contributed by atoms with Crippen LogP contribution >= 0.6 is 0 Å². The van der Waals surface area contributed by atoms with Gasteiger partial charge in [-0.3, -0.25) is 4.79 Å². The van der Waals surface area contributed by atoms with E-state index in [2.05, 4.69) is 29.2 Å². The van der Waals surface area contributed by atoms with Crippen molar-refractivity contribution in [2.75, 3.05) is 64.2 Å². The third kappa shape index (κ3) is 4.71. The van der Waals surface area contributed by atoms with Crippen LogP contribution in [0.4, 0.5) is 11.4 Å². The van der Waals surface area contributed by atoms with Crippen LogP contribution in [0.15, 0.2) is 35.5 Å². The van der Waals surface area contributed by atoms with E-state index in [9.17, 15) is 9.59 Å². The quantitative estimate of drug-likeness (QED) is 0.655. The highest BCUT2D eigenvalue weighted by atomic mass is 16.5. The number of rotatable bonds is 7. The number of esters is 1. The first-order valence-corrected chi connectivity index (χ1v) is 9.94. The predicted molar refractivity (Wildman–Crippen MR) is 112 cm³/mol. The van der Waals surface area contributed by atoms with E-state index in [1.165, 1.54) is 12.0 Å². The summed E-state index contributed by atoms with van der Waals surface area (Å²) in [6.07, 6.45) is 2.27. The Bertz CT molecular complexity index is 767. The molecule has 2 aliphatic heterocycles. The van der Waals surface area contributed by atoms with Crippen LogP contribution in [0.5, 0.6) is 0 Å². The zero-order valence-corrected chi connectivity index (χ0v) is 17.4. The second-order valence-corrected chi connectivity index (χ2v) is 7.65. The van der Waals surface area contributed by atoms with E-state index in [1.54, 1.807) is 0 Å². The Hall–Kier alpha value is -2.58. The van der Waals surface area contributed by atoms with Gasteiger partial charge < -0.3 is 29.9 Å². The highest BCUT2D eigenvalue weighted by Gasteiger charge is 2.34. The number of amides is 1. The van der Waals surface area contributed by atoms with Crippen LogP contribution < -0.4 is 10.2 Å². The molecule has 0 aliphatic carbocycles. The highest BCUT2D eigenvalue weighted by Crippen LogP contribution is 2.26. The molecule has 2 heterocycles. The Kier molecular flexibility index (Phi) is 6.76. The lowest BCUT2D eigenvalue weighted by Gasteiger charge is -2.36. The maximum absolute atomic E-state index is 12.6. The molecule has 1 amide bonds. The molecule has 0 unspecified atom stereocenters. The SMILES string of the molecule is COC(=O)C1=C(Nc2ccc(N3CCC(N(C)C)CC3)cc2)C(=O)N(CCO)C1. The Balaban J connectivity index is 1.69. The number of aliphatic hydroxyl groups excluding tert-OH is 1. The lowest BCUT2D eigenvalue weighted by atomic mass is 10.0. The van der Waals surface area contributed by atoms with Crippen LogP contribution in [0.1, 0.15) is 12.8 Å². The van der Waals surface area contributed by atoms with Crippen LogP contribution in [-0.4, -0.2) is 86.8 Å². The molecule has 3 rings (SSSR count). The lowest BCUT2D eigenvalue weighted by molar-refractivity contribution is -0.136. The van der Waals surface area contributed by atoms with E-state index in [-0.39, 0.29) is 36.9 Å². The number of nitrogens with zero attached hydrogens (tertiary/aromatic N) is 3. The first-order chi connectivity index (χ1) is 13.9. The van der Waals surface area contributed by atoms with Gasteiger partial charge in [-0.1, -0.05) is 0 Å². The molecule has 1 saturated heterocycles. The van der Waals surface area contributed by atoms with Gasteiger partial charge in [-0.15, -0.1) is 0 Å². The molecule has 29 heavy (non-hydrogen) atoms. The molecular formula is C21H30N4O4. The normalized spacial score (nSPS) is 18.0. The zero-order valence-electron chi connectivity index (χ0n) is 17.4. The summed E-state index contributed by atoms with van der Waals surface area (Å²) in [6.45, 7) is 2.18. The van der Waals surface area contributed by atoms with Gasteiger partial charge in [-0.05, 0) is 51.2 Å². The van der Waals surface area contributed by atoms with Gasteiger partial charge in [0.1, 0.15) is 5.70 Å². The standard InChI is InChI=1S/C21H30N4O4/c1-23(2)16-8-10-24(11-9-16)17-6-4-15(5-7-17)22-19-18(21(28)29-3)14-25(12-13-26)20(19)27/h4-7,16,22,26H,8-14H2,1-3H3. The first-order valence-electron chi connectivity index (χ1n) is 9.94. The molecule has 0 radical (unpaired) electrons. The number of benzene rings is 1. The van der Waals surface area contributed by atoms with Crippen molar-refractivity contribution >= 4 is 23.3 Å². The molecular weight excluding hydrogens is 372 g/mol. The van der Waals surface area contributed by atoms with E-state index >= 15 is 0 Å². The van der Waals surface area contributed by atoms with E-state index < -0.39 is 5.97 Å². The molecule has 0 bridgehead atoms. The molecule has 0 aromatic heterocycles. The molecule has 8 heteroatoms. The number of piperidine rings is 1. The van der Waals surface area contributed by atoms with Crippen molar-refractivity contribution in [1.29, 1.82) is 0 Å². The summed E-state index contributed by atoms with van der Waals surface area (Å²) in [5.41, 5.74) is 2.37. The maximum atomic E-state index is 12.6. The molecule has 1 aromatic rings. The number of aliphatic hydroxyl groups is 1. The highest BCUT2D eigenvalue weighted by molar-refractivity contribution is 6.08. The average molecular weight is 402 g/mol. The average Bonchev–Trinajstić information content (AvgIpc) is 3.04. The van der Waals surface area contributed by atoms with Crippen LogP contribution in [0.3, 0.4) is 0 Å². The summed E-state index contributed by atoms with van der Waals surface area (Å²) >= 11 is 0. The van der Waals surface area contributed by atoms with E-state index in [0.29, 0.717) is 6.04 Å². The molecule has 0 spiro atoms. The number of ether oxygens (including phenoxy) is 1. The second kappa shape index (κ2) is 9.28. The van der Waals surface area contributed by atoms with Gasteiger partial charge >= 0.3 is 5.97 Å². The molecule has 158 valence electrons. The van der Waals surface area contributed by atoms with Crippen molar-refractivity contribution in [3.05, 3.63) is 35.5 Å². The van der Waals surface area contributed by atoms with Gasteiger partial charge in [0.05, 0.1) is 25.8 Å². The van der Waals surface area contributed by atoms with Crippen molar-refractivity contribution in [3.63, 3.8) is 0 Å². The molecule has 0 atom stereocenters. The summed E-state index contributed by atoms with van der Waals surface area (Å²) in [5, 5.41) is 12.2. The van der Waals surface area contributed by atoms with E-state index in [4.69, 9.17) is 9.84 Å². The number of anilines is 2. The van der Waals surface area contributed by atoms with Crippen LogP contribution in [0.25, 0.3) is 0 Å². The molecule has 1 fully saturated rings. The van der Waals surface area contributed by atoms with Crippen LogP contribution in [0, 0.1) is 0 Å². The minimum atomic E-state index is -0.540. The summed E-state index contributed by atoms with van der Waals surface area (Å²) in [6, 6.07) is 8.52. The maximum Gasteiger partial charge on any atom is 0.337 e. The zero-order chi connectivity index (χ0) is 21.0. The summed E-state index contributed by atoms with van der Waals surface area (Å²) in [5.74, 6) is -0.851. The van der Waals surface area contributed by atoms with Crippen molar-refractivity contribution in [2.24, 2.45) is 0 Å². The second-order valence-electron chi connectivity index (χ2n) is 7.65. The van der Waals surface area contributed by atoms with E-state index in [1.807, 2.05) is 24.3 Å². The number of carbonyl (C=O) groups is 2. The number of nitrogens with one attached hydrogen (secondary N) is 1. The van der Waals surface area contributed by atoms with Gasteiger partial charge in [0.15, 0.2) is 0 Å². The number of β-amino-alcohol motifs (C(OH)–C–C–N with tert-alkyl or cyclic N) is 1. The Labute approximate surface area is 171 Å². The van der Waals surface area contributed by atoms with Gasteiger partial charge in [-0.2, -0.15) is 0 Å². The van der Waals surface area contributed by atoms with Crippen molar-refractivity contribution in [1.82, 2.24) is 9.80 Å². The van der Waals surface area contributed by atoms with Gasteiger partial charge in [0.25, 0.3) is 5.91 Å². The van der Waals surface area contributed by atoms with Crippen molar-refractivity contribution < 1.29 is 19.4 Å². The summed E-state index contributed by atoms with van der Waals surface area (Å²) in [7, 11) is 5.55. The van der Waals surface area contributed by atoms with Gasteiger partial charge in [-0.25, -0.2) is 4.79 Å². The number of carbonyl (C=O) groups excluding carboxylic acids is 2. The number of hydrogen-bond donors (Lipinski definition) is 2. The monoisotopic (exact) mass is 402 g/mol. The minimum Gasteiger partial charge on any atom is -0.466 e. The van der Waals surface area contributed by atoms with Crippen LogP contribution in [0.2, 0.25) is 0 Å². The fraction of sp³-hybridized carbons (Fsp3) is 0.524.